The number of allylic oxidation sites excluding steroid dienone is 1. The van der Waals surface area contributed by atoms with Gasteiger partial charge in [-0.1, -0.05) is 45.6 Å². The lowest BCUT2D eigenvalue weighted by Gasteiger charge is -1.87. The summed E-state index contributed by atoms with van der Waals surface area (Å²) in [5.74, 6) is 0.833. The van der Waals surface area contributed by atoms with Crippen molar-refractivity contribution in [2.24, 2.45) is 5.92 Å². The van der Waals surface area contributed by atoms with E-state index in [2.05, 4.69) is 32.3 Å². The zero-order valence-corrected chi connectivity index (χ0v) is 10.6. The zero-order valence-electron chi connectivity index (χ0n) is 10.6. The molecule has 1 N–H and O–H groups in total. The third-order valence-electron chi connectivity index (χ3n) is 1.57. The van der Waals surface area contributed by atoms with Gasteiger partial charge in [-0.3, -0.25) is 4.79 Å². The lowest BCUT2D eigenvalue weighted by molar-refractivity contribution is 0.737. The Hall–Kier alpha value is -1.57. The number of hydrogen-bond acceptors (Lipinski definition) is 1. The van der Waals surface area contributed by atoms with E-state index in [0.29, 0.717) is 0 Å². The van der Waals surface area contributed by atoms with Crippen molar-refractivity contribution in [2.45, 2.75) is 27.7 Å². The van der Waals surface area contributed by atoms with E-state index >= 15 is 0 Å². The molecular formula is C14H21NO. The van der Waals surface area contributed by atoms with Crippen molar-refractivity contribution in [2.75, 3.05) is 0 Å². The number of aromatic nitrogens is 1. The first-order valence-corrected chi connectivity index (χ1v) is 5.49. The maximum absolute atomic E-state index is 10.9. The second kappa shape index (κ2) is 7.69. The summed E-state index contributed by atoms with van der Waals surface area (Å²) >= 11 is 0. The molecule has 0 saturated heterocycles. The Balaban J connectivity index is 0.000000487. The van der Waals surface area contributed by atoms with Crippen LogP contribution in [0.1, 0.15) is 27.7 Å². The summed E-state index contributed by atoms with van der Waals surface area (Å²) in [6, 6.07) is 3.28. The number of aromatic amines is 1. The van der Waals surface area contributed by atoms with Gasteiger partial charge in [-0.2, -0.15) is 0 Å². The van der Waals surface area contributed by atoms with Gasteiger partial charge in [0.05, 0.1) is 0 Å². The van der Waals surface area contributed by atoms with Crippen LogP contribution in [0.15, 0.2) is 29.6 Å². The summed E-state index contributed by atoms with van der Waals surface area (Å²) in [7, 11) is 0. The summed E-state index contributed by atoms with van der Waals surface area (Å²) < 4.78 is 0. The van der Waals surface area contributed by atoms with E-state index in [1.165, 1.54) is 6.07 Å². The van der Waals surface area contributed by atoms with Gasteiger partial charge in [0.25, 0.3) is 0 Å². The second-order valence-corrected chi connectivity index (χ2v) is 4.11. The smallest absolute Gasteiger partial charge is 0.248 e. The van der Waals surface area contributed by atoms with Gasteiger partial charge in [-0.25, -0.2) is 0 Å². The molecule has 0 atom stereocenters. The van der Waals surface area contributed by atoms with Gasteiger partial charge < -0.3 is 4.98 Å². The van der Waals surface area contributed by atoms with Crippen LogP contribution in [0.5, 0.6) is 0 Å². The molecule has 0 aliphatic rings. The van der Waals surface area contributed by atoms with E-state index in [-0.39, 0.29) is 5.56 Å². The van der Waals surface area contributed by atoms with E-state index < -0.39 is 0 Å². The molecule has 16 heavy (non-hydrogen) atoms. The van der Waals surface area contributed by atoms with Crippen molar-refractivity contribution in [1.29, 1.82) is 0 Å². The van der Waals surface area contributed by atoms with Crippen LogP contribution in [-0.4, -0.2) is 4.98 Å². The Morgan fingerprint density at radius 1 is 1.31 bits per heavy atom. The highest BCUT2D eigenvalue weighted by molar-refractivity contribution is 5.36. The molecule has 1 rings (SSSR count). The van der Waals surface area contributed by atoms with Gasteiger partial charge >= 0.3 is 0 Å². The molecule has 0 unspecified atom stereocenters. The van der Waals surface area contributed by atoms with Gasteiger partial charge in [0.15, 0.2) is 0 Å². The highest BCUT2D eigenvalue weighted by Gasteiger charge is 1.83. The highest BCUT2D eigenvalue weighted by Crippen LogP contribution is 1.81. The number of hydrogen-bond donors (Lipinski definition) is 1. The molecule has 1 aromatic rings. The molecule has 0 saturated carbocycles. The predicted molar refractivity (Wildman–Crippen MR) is 71.6 cm³/mol. The fourth-order valence-corrected chi connectivity index (χ4v) is 1.01. The summed E-state index contributed by atoms with van der Waals surface area (Å²) in [6.07, 6.45) is 5.41. The minimum absolute atomic E-state index is 0.0793. The molecule has 0 fully saturated rings. The van der Waals surface area contributed by atoms with Gasteiger partial charge in [-0.05, 0) is 24.1 Å². The third-order valence-corrected chi connectivity index (χ3v) is 1.57. The van der Waals surface area contributed by atoms with Crippen LogP contribution in [0.3, 0.4) is 0 Å². The minimum atomic E-state index is -0.0793. The van der Waals surface area contributed by atoms with Crippen molar-refractivity contribution < 1.29 is 0 Å². The van der Waals surface area contributed by atoms with Gasteiger partial charge in [-0.15, -0.1) is 0 Å². The standard InChI is InChI=1S/C10H11NO.C4H10/c1-3-5-8-6-7-10(12)11-9(8)4-2;1-4(2)3/h3-7H,1H2,2H3,(H,11,12);4H,1-3H3/b8-5-,9-4+;. The first-order chi connectivity index (χ1) is 7.51. The molecule has 0 bridgehead atoms. The second-order valence-electron chi connectivity index (χ2n) is 4.11. The predicted octanol–water partition coefficient (Wildman–Crippen LogP) is 1.80. The van der Waals surface area contributed by atoms with Crippen LogP contribution < -0.4 is 16.1 Å². The maximum Gasteiger partial charge on any atom is 0.248 e. The lowest BCUT2D eigenvalue weighted by atomic mass is 10.3. The zero-order chi connectivity index (χ0) is 12.6. The van der Waals surface area contributed by atoms with E-state index in [1.54, 1.807) is 12.1 Å². The van der Waals surface area contributed by atoms with Gasteiger partial charge in [0.1, 0.15) is 0 Å². The number of H-pyrrole nitrogens is 1. The topological polar surface area (TPSA) is 32.9 Å². The van der Waals surface area contributed by atoms with Crippen LogP contribution in [-0.2, 0) is 0 Å². The van der Waals surface area contributed by atoms with Crippen LogP contribution in [0.4, 0.5) is 0 Å². The normalized spacial score (nSPS) is 12.3. The van der Waals surface area contributed by atoms with Crippen molar-refractivity contribution in [3.05, 3.63) is 45.7 Å². The first-order valence-electron chi connectivity index (χ1n) is 5.49. The van der Waals surface area contributed by atoms with Gasteiger partial charge in [0, 0.05) is 11.4 Å². The van der Waals surface area contributed by atoms with Crippen LogP contribution in [0.25, 0.3) is 12.2 Å². The van der Waals surface area contributed by atoms with E-state index in [4.69, 9.17) is 0 Å². The van der Waals surface area contributed by atoms with Gasteiger partial charge in [0.2, 0.25) is 5.56 Å². The van der Waals surface area contributed by atoms with E-state index in [9.17, 15) is 4.79 Å². The molecule has 0 radical (unpaired) electrons. The Bertz CT molecular complexity index is 477. The first kappa shape index (κ1) is 14.4. The molecule has 0 amide bonds. The molecule has 1 aromatic heterocycles. The maximum atomic E-state index is 10.9. The summed E-state index contributed by atoms with van der Waals surface area (Å²) in [5, 5.41) is 1.81. The van der Waals surface area contributed by atoms with Crippen molar-refractivity contribution in [1.82, 2.24) is 4.98 Å². The quantitative estimate of drug-likeness (QED) is 0.767. The monoisotopic (exact) mass is 219 g/mol. The Morgan fingerprint density at radius 3 is 2.31 bits per heavy atom. The molecule has 0 aromatic carbocycles. The highest BCUT2D eigenvalue weighted by atomic mass is 16.1. The average Bonchev–Trinajstić information content (AvgIpc) is 2.20. The van der Waals surface area contributed by atoms with Crippen LogP contribution >= 0.6 is 0 Å². The fraction of sp³-hybridized carbons (Fsp3) is 0.357. The number of rotatable bonds is 1. The fourth-order valence-electron chi connectivity index (χ4n) is 1.01. The molecule has 2 nitrogen and oxygen atoms in total. The molecule has 88 valence electrons. The van der Waals surface area contributed by atoms with Crippen LogP contribution in [0.2, 0.25) is 0 Å². The third kappa shape index (κ3) is 6.02. The minimum Gasteiger partial charge on any atom is -0.322 e. The Labute approximate surface area is 97.0 Å². The lowest BCUT2D eigenvalue weighted by Crippen LogP contribution is -2.32. The Kier molecular flexibility index (Phi) is 6.93. The largest absolute Gasteiger partial charge is 0.322 e. The molecule has 0 spiro atoms. The molecule has 0 aliphatic heterocycles. The van der Waals surface area contributed by atoms with E-state index in [0.717, 1.165) is 16.5 Å². The number of pyridine rings is 1. The number of nitrogens with one attached hydrogen (secondary N) is 1. The Morgan fingerprint density at radius 2 is 1.88 bits per heavy atom. The average molecular weight is 219 g/mol. The van der Waals surface area contributed by atoms with Crippen molar-refractivity contribution in [3.63, 3.8) is 0 Å². The molecule has 2 heteroatoms. The molecular weight excluding hydrogens is 198 g/mol. The summed E-state index contributed by atoms with van der Waals surface area (Å²) in [5.41, 5.74) is -0.0793. The van der Waals surface area contributed by atoms with Crippen molar-refractivity contribution >= 4 is 12.2 Å². The molecule has 0 aliphatic carbocycles. The SMILES string of the molecule is C=C/C=c1/ccc(=O)[nH]/c1=C/C.CC(C)C. The van der Waals surface area contributed by atoms with Crippen molar-refractivity contribution in [3.8, 4) is 0 Å². The van der Waals surface area contributed by atoms with Crippen LogP contribution in [0, 0.1) is 5.92 Å². The summed E-state index contributed by atoms with van der Waals surface area (Å²) in [4.78, 5) is 13.6. The summed E-state index contributed by atoms with van der Waals surface area (Å²) in [6.45, 7) is 12.0. The van der Waals surface area contributed by atoms with E-state index in [1.807, 2.05) is 19.1 Å². The molecule has 1 heterocycles.